The Morgan fingerprint density at radius 2 is 1.80 bits per heavy atom. The van der Waals surface area contributed by atoms with Crippen LogP contribution in [0.2, 0.25) is 0 Å². The Bertz CT molecular complexity index is 647. The first-order valence-electron chi connectivity index (χ1n) is 5.89. The van der Waals surface area contributed by atoms with Gasteiger partial charge in [0.05, 0.1) is 5.56 Å². The van der Waals surface area contributed by atoms with Gasteiger partial charge in [0.25, 0.3) is 0 Å². The first-order valence-corrected chi connectivity index (χ1v) is 7.44. The van der Waals surface area contributed by atoms with Crippen LogP contribution in [-0.2, 0) is 21.4 Å². The third kappa shape index (κ3) is 2.66. The highest BCUT2D eigenvalue weighted by Crippen LogP contribution is 2.42. The third-order valence-electron chi connectivity index (χ3n) is 3.32. The fourth-order valence-corrected chi connectivity index (χ4v) is 2.86. The van der Waals surface area contributed by atoms with E-state index in [4.69, 9.17) is 10.2 Å². The van der Waals surface area contributed by atoms with Gasteiger partial charge in [0.1, 0.15) is 0 Å². The number of sulfonamides is 1. The first kappa shape index (κ1) is 14.5. The third-order valence-corrected chi connectivity index (χ3v) is 5.00. The molecular weight excluding hydrogens is 284 g/mol. The van der Waals surface area contributed by atoms with Gasteiger partial charge >= 0.3 is 5.97 Å². The van der Waals surface area contributed by atoms with Crippen LogP contribution in [-0.4, -0.2) is 30.1 Å². The molecule has 0 radical (unpaired) electrons. The summed E-state index contributed by atoms with van der Waals surface area (Å²) < 4.78 is 21.2. The monoisotopic (exact) mass is 298 g/mol. The van der Waals surface area contributed by atoms with Crippen LogP contribution in [0, 0.1) is 0 Å². The van der Waals surface area contributed by atoms with E-state index >= 15 is 0 Å². The van der Waals surface area contributed by atoms with Crippen LogP contribution in [0.1, 0.15) is 28.8 Å². The lowest BCUT2D eigenvalue weighted by atomic mass is 10.1. The Hall–Kier alpha value is -1.93. The number of nitrogens with one attached hydrogen (secondary N) is 1. The Labute approximate surface area is 115 Å². The molecule has 0 saturated heterocycles. The van der Waals surface area contributed by atoms with Gasteiger partial charge in [-0.05, 0) is 30.5 Å². The Morgan fingerprint density at radius 3 is 2.20 bits per heavy atom. The summed E-state index contributed by atoms with van der Waals surface area (Å²) in [4.78, 5) is 22.5. The SMILES string of the molecule is NS(=O)(=O)C1(C(=O)NCc2ccc(C(=O)O)cc2)CC1. The number of nitrogens with two attached hydrogens (primary N) is 1. The lowest BCUT2D eigenvalue weighted by molar-refractivity contribution is -0.121. The largest absolute Gasteiger partial charge is 0.478 e. The van der Waals surface area contributed by atoms with E-state index in [1.54, 1.807) is 12.1 Å². The van der Waals surface area contributed by atoms with Crippen molar-refractivity contribution < 1.29 is 23.1 Å². The molecule has 0 unspecified atom stereocenters. The maximum atomic E-state index is 11.9. The molecule has 0 atom stereocenters. The average molecular weight is 298 g/mol. The molecule has 0 bridgehead atoms. The van der Waals surface area contributed by atoms with E-state index in [9.17, 15) is 18.0 Å². The van der Waals surface area contributed by atoms with Crippen LogP contribution in [0.25, 0.3) is 0 Å². The van der Waals surface area contributed by atoms with E-state index in [1.807, 2.05) is 0 Å². The standard InChI is InChI=1S/C12H14N2O5S/c13-20(18,19)12(5-6-12)11(17)14-7-8-1-3-9(4-2-8)10(15)16/h1-4H,5-7H2,(H,14,17)(H,15,16)(H2,13,18,19). The number of carboxylic acid groups (broad SMARTS) is 1. The van der Waals surface area contributed by atoms with Gasteiger partial charge < -0.3 is 10.4 Å². The van der Waals surface area contributed by atoms with Gasteiger partial charge in [-0.1, -0.05) is 12.1 Å². The topological polar surface area (TPSA) is 127 Å². The molecule has 0 heterocycles. The van der Waals surface area contributed by atoms with Gasteiger partial charge in [-0.15, -0.1) is 0 Å². The number of benzene rings is 1. The Morgan fingerprint density at radius 1 is 1.25 bits per heavy atom. The highest BCUT2D eigenvalue weighted by atomic mass is 32.2. The summed E-state index contributed by atoms with van der Waals surface area (Å²) >= 11 is 0. The number of primary sulfonamides is 1. The molecule has 1 saturated carbocycles. The predicted molar refractivity (Wildman–Crippen MR) is 70.3 cm³/mol. The van der Waals surface area contributed by atoms with Crippen molar-refractivity contribution in [1.29, 1.82) is 0 Å². The first-order chi connectivity index (χ1) is 9.26. The molecule has 20 heavy (non-hydrogen) atoms. The number of rotatable bonds is 5. The van der Waals surface area contributed by atoms with Crippen molar-refractivity contribution in [2.45, 2.75) is 24.1 Å². The molecule has 8 heteroatoms. The van der Waals surface area contributed by atoms with Crippen molar-refractivity contribution in [2.75, 3.05) is 0 Å². The van der Waals surface area contributed by atoms with Crippen LogP contribution < -0.4 is 10.5 Å². The summed E-state index contributed by atoms with van der Waals surface area (Å²) in [6.45, 7) is 0.121. The van der Waals surface area contributed by atoms with E-state index in [0.29, 0.717) is 5.56 Å². The number of hydrogen-bond donors (Lipinski definition) is 3. The normalized spacial score (nSPS) is 16.4. The van der Waals surface area contributed by atoms with Crippen molar-refractivity contribution in [3.05, 3.63) is 35.4 Å². The summed E-state index contributed by atoms with van der Waals surface area (Å²) in [5, 5.41) is 16.3. The molecule has 1 fully saturated rings. The van der Waals surface area contributed by atoms with Gasteiger partial charge in [0.15, 0.2) is 4.75 Å². The van der Waals surface area contributed by atoms with Crippen molar-refractivity contribution in [3.63, 3.8) is 0 Å². The fraction of sp³-hybridized carbons (Fsp3) is 0.333. The van der Waals surface area contributed by atoms with E-state index in [0.717, 1.165) is 0 Å². The number of carboxylic acids is 1. The minimum atomic E-state index is -3.90. The summed E-state index contributed by atoms with van der Waals surface area (Å²) in [5.74, 6) is -1.64. The smallest absolute Gasteiger partial charge is 0.335 e. The number of amides is 1. The molecule has 4 N–H and O–H groups in total. The van der Waals surface area contributed by atoms with Crippen molar-refractivity contribution in [3.8, 4) is 0 Å². The Balaban J connectivity index is 1.99. The molecule has 2 rings (SSSR count). The predicted octanol–water partition coefficient (Wildman–Crippen LogP) is -0.178. The molecule has 0 aromatic heterocycles. The lowest BCUT2D eigenvalue weighted by Gasteiger charge is -2.13. The van der Waals surface area contributed by atoms with Crippen LogP contribution in [0.4, 0.5) is 0 Å². The van der Waals surface area contributed by atoms with Gasteiger partial charge in [-0.25, -0.2) is 18.4 Å². The minimum absolute atomic E-state index is 0.121. The highest BCUT2D eigenvalue weighted by molar-refractivity contribution is 7.91. The van der Waals surface area contributed by atoms with Gasteiger partial charge in [0, 0.05) is 6.54 Å². The van der Waals surface area contributed by atoms with Crippen molar-refractivity contribution in [2.24, 2.45) is 5.14 Å². The zero-order valence-corrected chi connectivity index (χ0v) is 11.3. The molecule has 1 aliphatic carbocycles. The van der Waals surface area contributed by atoms with Gasteiger partial charge in [-0.2, -0.15) is 0 Å². The lowest BCUT2D eigenvalue weighted by Crippen LogP contribution is -2.44. The molecule has 1 aromatic rings. The Kier molecular flexibility index (Phi) is 3.53. The van der Waals surface area contributed by atoms with Gasteiger partial charge in [0.2, 0.25) is 15.9 Å². The molecular formula is C12H14N2O5S. The molecule has 1 aromatic carbocycles. The van der Waals surface area contributed by atoms with E-state index in [2.05, 4.69) is 5.32 Å². The zero-order valence-electron chi connectivity index (χ0n) is 10.5. The van der Waals surface area contributed by atoms with E-state index in [-0.39, 0.29) is 24.9 Å². The molecule has 0 spiro atoms. The summed E-state index contributed by atoms with van der Waals surface area (Å²) in [5.41, 5.74) is 0.817. The molecule has 7 nitrogen and oxygen atoms in total. The van der Waals surface area contributed by atoms with Gasteiger partial charge in [-0.3, -0.25) is 4.79 Å². The molecule has 1 aliphatic rings. The number of hydrogen-bond acceptors (Lipinski definition) is 4. The number of carbonyl (C=O) groups excluding carboxylic acids is 1. The minimum Gasteiger partial charge on any atom is -0.478 e. The quantitative estimate of drug-likeness (QED) is 0.695. The average Bonchev–Trinajstić information content (AvgIpc) is 3.17. The maximum absolute atomic E-state index is 11.9. The highest BCUT2D eigenvalue weighted by Gasteiger charge is 2.59. The number of aromatic carboxylic acids is 1. The summed E-state index contributed by atoms with van der Waals surface area (Å²) in [6.07, 6.45) is 0.464. The number of carbonyl (C=O) groups is 2. The van der Waals surface area contributed by atoms with E-state index < -0.39 is 26.6 Å². The van der Waals surface area contributed by atoms with Crippen molar-refractivity contribution >= 4 is 21.9 Å². The van der Waals surface area contributed by atoms with E-state index in [1.165, 1.54) is 12.1 Å². The summed E-state index contributed by atoms with van der Waals surface area (Å²) in [6, 6.07) is 5.94. The molecule has 108 valence electrons. The molecule has 0 aliphatic heterocycles. The second-order valence-corrected chi connectivity index (χ2v) is 6.60. The van der Waals surface area contributed by atoms with Crippen LogP contribution in [0.3, 0.4) is 0 Å². The maximum Gasteiger partial charge on any atom is 0.335 e. The second-order valence-electron chi connectivity index (χ2n) is 4.72. The molecule has 1 amide bonds. The fourth-order valence-electron chi connectivity index (χ4n) is 1.86. The van der Waals surface area contributed by atoms with Crippen LogP contribution in [0.15, 0.2) is 24.3 Å². The zero-order chi connectivity index (χ0) is 15.0. The van der Waals surface area contributed by atoms with Crippen LogP contribution in [0.5, 0.6) is 0 Å². The van der Waals surface area contributed by atoms with Crippen molar-refractivity contribution in [1.82, 2.24) is 5.32 Å². The van der Waals surface area contributed by atoms with Crippen LogP contribution >= 0.6 is 0 Å². The second kappa shape index (κ2) is 4.88. The summed E-state index contributed by atoms with van der Waals surface area (Å²) in [7, 11) is -3.90.